The van der Waals surface area contributed by atoms with E-state index < -0.39 is 0 Å². The second-order valence-electron chi connectivity index (χ2n) is 5.22. The number of aliphatic hydroxyl groups is 1. The van der Waals surface area contributed by atoms with Gasteiger partial charge in [-0.15, -0.1) is 0 Å². The molecule has 0 radical (unpaired) electrons. The molecule has 0 saturated heterocycles. The van der Waals surface area contributed by atoms with Crippen molar-refractivity contribution >= 4 is 0 Å². The molecule has 3 heteroatoms. The zero-order valence-electron chi connectivity index (χ0n) is 11.9. The molecule has 18 heavy (non-hydrogen) atoms. The summed E-state index contributed by atoms with van der Waals surface area (Å²) in [6.07, 6.45) is 1.94. The molecule has 1 rings (SSSR count). The number of hydrogen-bond donors (Lipinski definition) is 2. The van der Waals surface area contributed by atoms with E-state index in [9.17, 15) is 5.11 Å². The van der Waals surface area contributed by atoms with E-state index in [-0.39, 0.29) is 12.1 Å². The van der Waals surface area contributed by atoms with E-state index in [1.807, 2.05) is 19.9 Å². The summed E-state index contributed by atoms with van der Waals surface area (Å²) in [5, 5.41) is 12.5. The first-order chi connectivity index (χ1) is 8.52. The van der Waals surface area contributed by atoms with E-state index in [2.05, 4.69) is 24.4 Å². The van der Waals surface area contributed by atoms with Crippen LogP contribution in [-0.4, -0.2) is 30.9 Å². The fourth-order valence-electron chi connectivity index (χ4n) is 1.84. The quantitative estimate of drug-likeness (QED) is 0.780. The molecule has 0 heterocycles. The van der Waals surface area contributed by atoms with Crippen LogP contribution in [0, 0.1) is 0 Å². The molecule has 2 N–H and O–H groups in total. The third-order valence-corrected chi connectivity index (χ3v) is 3.15. The van der Waals surface area contributed by atoms with Crippen molar-refractivity contribution in [2.45, 2.75) is 39.2 Å². The van der Waals surface area contributed by atoms with Crippen molar-refractivity contribution in [2.75, 3.05) is 20.3 Å². The molecule has 0 fully saturated rings. The number of benzene rings is 1. The van der Waals surface area contributed by atoms with Crippen molar-refractivity contribution in [3.63, 3.8) is 0 Å². The number of aryl methyl sites for hydroxylation is 1. The Bertz CT molecular complexity index is 375. The van der Waals surface area contributed by atoms with Crippen molar-refractivity contribution < 1.29 is 9.84 Å². The van der Waals surface area contributed by atoms with Gasteiger partial charge in [-0.05, 0) is 50.4 Å². The van der Waals surface area contributed by atoms with E-state index in [0.29, 0.717) is 0 Å². The summed E-state index contributed by atoms with van der Waals surface area (Å²) < 4.78 is 5.38. The molecule has 102 valence electrons. The smallest absolute Gasteiger partial charge is 0.122 e. The highest BCUT2D eigenvalue weighted by Crippen LogP contribution is 2.20. The van der Waals surface area contributed by atoms with Crippen molar-refractivity contribution in [3.05, 3.63) is 29.3 Å². The second-order valence-corrected chi connectivity index (χ2v) is 5.22. The molecule has 0 amide bonds. The Labute approximate surface area is 110 Å². The average Bonchev–Trinajstić information content (AvgIpc) is 2.38. The predicted octanol–water partition coefficient (Wildman–Crippen LogP) is 2.16. The van der Waals surface area contributed by atoms with Gasteiger partial charge in [0.15, 0.2) is 0 Å². The van der Waals surface area contributed by atoms with Gasteiger partial charge in [0.05, 0.1) is 13.7 Å². The summed E-state index contributed by atoms with van der Waals surface area (Å²) in [6.45, 7) is 7.11. The van der Waals surface area contributed by atoms with E-state index in [1.54, 1.807) is 7.11 Å². The Balaban J connectivity index is 2.65. The fraction of sp³-hybridized carbons (Fsp3) is 0.600. The van der Waals surface area contributed by atoms with Crippen molar-refractivity contribution in [1.82, 2.24) is 5.32 Å². The highest BCUT2D eigenvalue weighted by atomic mass is 16.5. The van der Waals surface area contributed by atoms with Crippen LogP contribution in [0.1, 0.15) is 31.9 Å². The zero-order chi connectivity index (χ0) is 13.6. The van der Waals surface area contributed by atoms with Gasteiger partial charge in [-0.25, -0.2) is 0 Å². The van der Waals surface area contributed by atoms with E-state index in [0.717, 1.165) is 25.1 Å². The summed E-state index contributed by atoms with van der Waals surface area (Å²) in [4.78, 5) is 0. The first-order valence-corrected chi connectivity index (χ1v) is 6.54. The van der Waals surface area contributed by atoms with Crippen LogP contribution in [0.25, 0.3) is 0 Å². The Kier molecular flexibility index (Phi) is 5.63. The van der Waals surface area contributed by atoms with E-state index in [1.165, 1.54) is 11.1 Å². The molecule has 0 bridgehead atoms. The number of rotatable bonds is 7. The Morgan fingerprint density at radius 1 is 1.33 bits per heavy atom. The molecule has 0 unspecified atom stereocenters. The molecule has 0 spiro atoms. The van der Waals surface area contributed by atoms with Crippen LogP contribution >= 0.6 is 0 Å². The number of methoxy groups -OCH3 is 1. The van der Waals surface area contributed by atoms with E-state index in [4.69, 9.17) is 4.74 Å². The van der Waals surface area contributed by atoms with Crippen LogP contribution in [0.5, 0.6) is 5.75 Å². The van der Waals surface area contributed by atoms with Gasteiger partial charge < -0.3 is 15.2 Å². The summed E-state index contributed by atoms with van der Waals surface area (Å²) >= 11 is 0. The minimum absolute atomic E-state index is 0.138. The highest BCUT2D eigenvalue weighted by Gasteiger charge is 2.14. The molecule has 0 aromatic heterocycles. The van der Waals surface area contributed by atoms with Crippen molar-refractivity contribution in [1.29, 1.82) is 0 Å². The molecular weight excluding hydrogens is 226 g/mol. The van der Waals surface area contributed by atoms with Crippen LogP contribution in [0.15, 0.2) is 18.2 Å². The molecule has 1 aromatic carbocycles. The normalized spacial score (nSPS) is 11.6. The minimum Gasteiger partial charge on any atom is -0.496 e. The van der Waals surface area contributed by atoms with Crippen molar-refractivity contribution in [2.24, 2.45) is 0 Å². The van der Waals surface area contributed by atoms with Crippen LogP contribution in [0.2, 0.25) is 0 Å². The van der Waals surface area contributed by atoms with Gasteiger partial charge in [-0.3, -0.25) is 0 Å². The SMILES string of the molecule is CCc1ccc(OC)c(CCNC(C)(C)CO)c1. The number of hydrogen-bond acceptors (Lipinski definition) is 3. The lowest BCUT2D eigenvalue weighted by Gasteiger charge is -2.23. The maximum atomic E-state index is 9.19. The summed E-state index contributed by atoms with van der Waals surface area (Å²) in [5.41, 5.74) is 2.32. The Morgan fingerprint density at radius 3 is 2.61 bits per heavy atom. The largest absolute Gasteiger partial charge is 0.496 e. The van der Waals surface area contributed by atoms with E-state index >= 15 is 0 Å². The maximum Gasteiger partial charge on any atom is 0.122 e. The topological polar surface area (TPSA) is 41.5 Å². The van der Waals surface area contributed by atoms with Crippen LogP contribution in [0.3, 0.4) is 0 Å². The summed E-state index contributed by atoms with van der Waals surface area (Å²) in [5.74, 6) is 0.941. The summed E-state index contributed by atoms with van der Waals surface area (Å²) in [6, 6.07) is 6.34. The third kappa shape index (κ3) is 4.31. The summed E-state index contributed by atoms with van der Waals surface area (Å²) in [7, 11) is 1.70. The van der Waals surface area contributed by atoms with Gasteiger partial charge in [0.25, 0.3) is 0 Å². The first kappa shape index (κ1) is 15.0. The minimum atomic E-state index is -0.227. The lowest BCUT2D eigenvalue weighted by molar-refractivity contribution is 0.189. The zero-order valence-corrected chi connectivity index (χ0v) is 11.9. The third-order valence-electron chi connectivity index (χ3n) is 3.15. The van der Waals surface area contributed by atoms with Crippen LogP contribution in [-0.2, 0) is 12.8 Å². The molecule has 0 saturated carbocycles. The highest BCUT2D eigenvalue weighted by molar-refractivity contribution is 5.37. The predicted molar refractivity (Wildman–Crippen MR) is 75.2 cm³/mol. The molecule has 0 aliphatic carbocycles. The molecule has 0 aliphatic heterocycles. The molecule has 1 aromatic rings. The Hall–Kier alpha value is -1.06. The van der Waals surface area contributed by atoms with Gasteiger partial charge in [0, 0.05) is 5.54 Å². The molecule has 0 aliphatic rings. The van der Waals surface area contributed by atoms with Gasteiger partial charge in [-0.2, -0.15) is 0 Å². The lowest BCUT2D eigenvalue weighted by atomic mass is 10.0. The average molecular weight is 251 g/mol. The Morgan fingerprint density at radius 2 is 2.06 bits per heavy atom. The van der Waals surface area contributed by atoms with Gasteiger partial charge in [0.1, 0.15) is 5.75 Å². The second kappa shape index (κ2) is 6.76. The maximum absolute atomic E-state index is 9.19. The van der Waals surface area contributed by atoms with Crippen molar-refractivity contribution in [3.8, 4) is 5.75 Å². The monoisotopic (exact) mass is 251 g/mol. The van der Waals surface area contributed by atoms with Crippen LogP contribution in [0.4, 0.5) is 0 Å². The fourth-order valence-corrected chi connectivity index (χ4v) is 1.84. The lowest BCUT2D eigenvalue weighted by Crippen LogP contribution is -2.43. The first-order valence-electron chi connectivity index (χ1n) is 6.54. The van der Waals surface area contributed by atoms with Crippen LogP contribution < -0.4 is 10.1 Å². The van der Waals surface area contributed by atoms with Gasteiger partial charge >= 0.3 is 0 Å². The standard InChI is InChI=1S/C15H25NO2/c1-5-12-6-7-14(18-4)13(10-12)8-9-16-15(2,3)11-17/h6-7,10,16-17H,5,8-9,11H2,1-4H3. The number of nitrogens with one attached hydrogen (secondary N) is 1. The molecule has 3 nitrogen and oxygen atoms in total. The molecule has 0 atom stereocenters. The van der Waals surface area contributed by atoms with Gasteiger partial charge in [-0.1, -0.05) is 19.1 Å². The number of ether oxygens (including phenoxy) is 1. The number of aliphatic hydroxyl groups excluding tert-OH is 1. The van der Waals surface area contributed by atoms with Gasteiger partial charge in [0.2, 0.25) is 0 Å². The molecular formula is C15H25NO2.